The third-order valence-corrected chi connectivity index (χ3v) is 4.75. The Morgan fingerprint density at radius 3 is 2.50 bits per heavy atom. The van der Waals surface area contributed by atoms with Crippen molar-refractivity contribution in [2.75, 3.05) is 32.0 Å². The summed E-state index contributed by atoms with van der Waals surface area (Å²) in [6.45, 7) is 0.995. The van der Waals surface area contributed by atoms with Crippen molar-refractivity contribution in [3.63, 3.8) is 0 Å². The summed E-state index contributed by atoms with van der Waals surface area (Å²) in [7, 11) is 0. The minimum absolute atomic E-state index is 0.0602. The number of aliphatic hydroxyl groups is 4. The SMILES string of the molecule is Nc1ccc(CC(=O)NCCCCN2C[C@H](O)[C@@H](O)[C@H](O)[C@H]2CO)cc1. The number of β-amino-alcohol motifs (C(OH)–C–C–N with tert-alkyl or cyclic N) is 1. The van der Waals surface area contributed by atoms with Gasteiger partial charge in [0.15, 0.2) is 0 Å². The first-order chi connectivity index (χ1) is 12.4. The van der Waals surface area contributed by atoms with E-state index in [1.165, 1.54) is 0 Å². The molecule has 0 radical (unpaired) electrons. The largest absolute Gasteiger partial charge is 0.399 e. The maximum atomic E-state index is 11.9. The van der Waals surface area contributed by atoms with Crippen molar-refractivity contribution in [1.29, 1.82) is 0 Å². The molecule has 0 aliphatic carbocycles. The predicted molar refractivity (Wildman–Crippen MR) is 97.3 cm³/mol. The number of piperidine rings is 1. The first-order valence-electron chi connectivity index (χ1n) is 8.92. The predicted octanol–water partition coefficient (Wildman–Crippen LogP) is -1.53. The molecule has 2 rings (SSSR count). The number of aliphatic hydroxyl groups excluding tert-OH is 4. The third kappa shape index (κ3) is 5.65. The molecule has 1 aliphatic heterocycles. The molecule has 0 spiro atoms. The molecule has 0 unspecified atom stereocenters. The summed E-state index contributed by atoms with van der Waals surface area (Å²) in [4.78, 5) is 13.7. The van der Waals surface area contributed by atoms with E-state index >= 15 is 0 Å². The van der Waals surface area contributed by atoms with Gasteiger partial charge in [-0.3, -0.25) is 9.69 Å². The van der Waals surface area contributed by atoms with Gasteiger partial charge in [-0.2, -0.15) is 0 Å². The number of carbonyl (C=O) groups is 1. The second kappa shape index (κ2) is 9.84. The lowest BCUT2D eigenvalue weighted by atomic mass is 9.94. The fourth-order valence-electron chi connectivity index (χ4n) is 3.19. The number of nitrogen functional groups attached to an aromatic ring is 1. The molecule has 1 aliphatic rings. The number of likely N-dealkylation sites (tertiary alicyclic amines) is 1. The maximum absolute atomic E-state index is 11.9. The average Bonchev–Trinajstić information content (AvgIpc) is 2.61. The summed E-state index contributed by atoms with van der Waals surface area (Å²) in [6, 6.07) is 6.59. The number of hydrogen-bond acceptors (Lipinski definition) is 7. The van der Waals surface area contributed by atoms with Crippen LogP contribution in [0.4, 0.5) is 5.69 Å². The Labute approximate surface area is 153 Å². The van der Waals surface area contributed by atoms with Crippen LogP contribution in [0.15, 0.2) is 24.3 Å². The summed E-state index contributed by atoms with van der Waals surface area (Å²) in [5, 5.41) is 41.6. The molecule has 0 aromatic heterocycles. The summed E-state index contributed by atoms with van der Waals surface area (Å²) in [5.41, 5.74) is 7.17. The Morgan fingerprint density at radius 1 is 1.15 bits per heavy atom. The summed E-state index contributed by atoms with van der Waals surface area (Å²) < 4.78 is 0. The number of benzene rings is 1. The number of nitrogens with zero attached hydrogens (tertiary/aromatic N) is 1. The van der Waals surface area contributed by atoms with Crippen LogP contribution >= 0.6 is 0 Å². The van der Waals surface area contributed by atoms with Gasteiger partial charge in [0.25, 0.3) is 0 Å². The van der Waals surface area contributed by atoms with Crippen molar-refractivity contribution in [1.82, 2.24) is 10.2 Å². The molecule has 1 amide bonds. The zero-order valence-corrected chi connectivity index (χ0v) is 14.8. The highest BCUT2D eigenvalue weighted by Crippen LogP contribution is 2.19. The number of nitrogens with two attached hydrogens (primary N) is 1. The van der Waals surface area contributed by atoms with Crippen molar-refractivity contribution < 1.29 is 25.2 Å². The molecule has 0 bridgehead atoms. The smallest absolute Gasteiger partial charge is 0.224 e. The molecular weight excluding hydrogens is 338 g/mol. The van der Waals surface area contributed by atoms with E-state index in [4.69, 9.17) is 5.73 Å². The maximum Gasteiger partial charge on any atom is 0.224 e. The van der Waals surface area contributed by atoms with Crippen molar-refractivity contribution in [2.45, 2.75) is 43.6 Å². The Hall–Kier alpha value is -1.71. The molecule has 8 heteroatoms. The highest BCUT2D eigenvalue weighted by molar-refractivity contribution is 5.78. The van der Waals surface area contributed by atoms with Crippen LogP contribution in [0, 0.1) is 0 Å². The van der Waals surface area contributed by atoms with E-state index in [0.717, 1.165) is 18.4 Å². The molecule has 1 heterocycles. The van der Waals surface area contributed by atoms with Gasteiger partial charge >= 0.3 is 0 Å². The molecule has 1 aromatic rings. The molecule has 4 atom stereocenters. The summed E-state index contributed by atoms with van der Waals surface area (Å²) >= 11 is 0. The minimum atomic E-state index is -1.24. The Morgan fingerprint density at radius 2 is 1.85 bits per heavy atom. The lowest BCUT2D eigenvalue weighted by molar-refractivity contribution is -0.145. The zero-order chi connectivity index (χ0) is 19.1. The van der Waals surface area contributed by atoms with Crippen LogP contribution < -0.4 is 11.1 Å². The highest BCUT2D eigenvalue weighted by atomic mass is 16.4. The highest BCUT2D eigenvalue weighted by Gasteiger charge is 2.40. The standard InChI is InChI=1S/C18H29N3O5/c19-13-5-3-12(4-6-13)9-16(24)20-7-1-2-8-21-10-15(23)18(26)17(25)14(21)11-22/h3-6,14-15,17-18,22-23,25-26H,1-2,7-11,19H2,(H,20,24)/t14-,15+,17-,18-/m1/s1. The molecule has 8 nitrogen and oxygen atoms in total. The second-order valence-corrected chi connectivity index (χ2v) is 6.77. The number of hydrogen-bond donors (Lipinski definition) is 6. The van der Waals surface area contributed by atoms with Crippen LogP contribution in [-0.2, 0) is 11.2 Å². The van der Waals surface area contributed by atoms with E-state index in [0.29, 0.717) is 25.2 Å². The zero-order valence-electron chi connectivity index (χ0n) is 14.8. The van der Waals surface area contributed by atoms with Gasteiger partial charge in [-0.1, -0.05) is 12.1 Å². The topological polar surface area (TPSA) is 139 Å². The first kappa shape index (κ1) is 20.6. The number of anilines is 1. The normalized spacial score (nSPS) is 26.6. The Kier molecular flexibility index (Phi) is 7.80. The van der Waals surface area contributed by atoms with Gasteiger partial charge in [0, 0.05) is 18.8 Å². The monoisotopic (exact) mass is 367 g/mol. The number of unbranched alkanes of at least 4 members (excludes halogenated alkanes) is 1. The molecule has 1 fully saturated rings. The van der Waals surface area contributed by atoms with Gasteiger partial charge in [0.1, 0.15) is 12.2 Å². The van der Waals surface area contributed by atoms with E-state index in [1.54, 1.807) is 17.0 Å². The summed E-state index contributed by atoms with van der Waals surface area (Å²) in [5.74, 6) is -0.0602. The Bertz CT molecular complexity index is 568. The van der Waals surface area contributed by atoms with E-state index in [2.05, 4.69) is 5.32 Å². The van der Waals surface area contributed by atoms with Crippen LogP contribution in [0.5, 0.6) is 0 Å². The van der Waals surface area contributed by atoms with Crippen molar-refractivity contribution in [3.05, 3.63) is 29.8 Å². The molecule has 7 N–H and O–H groups in total. The van der Waals surface area contributed by atoms with Gasteiger partial charge in [-0.25, -0.2) is 0 Å². The number of rotatable bonds is 8. The fraction of sp³-hybridized carbons (Fsp3) is 0.611. The quantitative estimate of drug-likeness (QED) is 0.242. The van der Waals surface area contributed by atoms with Crippen LogP contribution in [0.3, 0.4) is 0 Å². The first-order valence-corrected chi connectivity index (χ1v) is 8.92. The van der Waals surface area contributed by atoms with E-state index < -0.39 is 24.4 Å². The van der Waals surface area contributed by atoms with E-state index in [-0.39, 0.29) is 19.1 Å². The summed E-state index contributed by atoms with van der Waals surface area (Å²) in [6.07, 6.45) is -1.69. The van der Waals surface area contributed by atoms with Crippen LogP contribution in [-0.4, -0.2) is 81.8 Å². The van der Waals surface area contributed by atoms with Crippen LogP contribution in [0.2, 0.25) is 0 Å². The lowest BCUT2D eigenvalue weighted by Gasteiger charge is -2.43. The van der Waals surface area contributed by atoms with E-state index in [9.17, 15) is 25.2 Å². The third-order valence-electron chi connectivity index (χ3n) is 4.75. The molecule has 0 saturated carbocycles. The van der Waals surface area contributed by atoms with Crippen molar-refractivity contribution in [3.8, 4) is 0 Å². The molecule has 26 heavy (non-hydrogen) atoms. The molecular formula is C18H29N3O5. The fourth-order valence-corrected chi connectivity index (χ4v) is 3.19. The van der Waals surface area contributed by atoms with E-state index in [1.807, 2.05) is 12.1 Å². The number of nitrogens with one attached hydrogen (secondary N) is 1. The van der Waals surface area contributed by atoms with Gasteiger partial charge in [-0.15, -0.1) is 0 Å². The average molecular weight is 367 g/mol. The van der Waals surface area contributed by atoms with Crippen LogP contribution in [0.1, 0.15) is 18.4 Å². The van der Waals surface area contributed by atoms with Gasteiger partial charge in [-0.05, 0) is 37.1 Å². The lowest BCUT2D eigenvalue weighted by Crippen LogP contribution is -2.62. The van der Waals surface area contributed by atoms with Crippen molar-refractivity contribution >= 4 is 11.6 Å². The minimum Gasteiger partial charge on any atom is -0.399 e. The molecule has 1 saturated heterocycles. The second-order valence-electron chi connectivity index (χ2n) is 6.77. The number of carbonyl (C=O) groups excluding carboxylic acids is 1. The van der Waals surface area contributed by atoms with Gasteiger partial charge in [0.05, 0.1) is 25.2 Å². The van der Waals surface area contributed by atoms with Crippen LogP contribution in [0.25, 0.3) is 0 Å². The van der Waals surface area contributed by atoms with Gasteiger partial charge in [0.2, 0.25) is 5.91 Å². The molecule has 146 valence electrons. The van der Waals surface area contributed by atoms with Crippen molar-refractivity contribution in [2.24, 2.45) is 0 Å². The van der Waals surface area contributed by atoms with Gasteiger partial charge < -0.3 is 31.5 Å². The molecule has 1 aromatic carbocycles. The Balaban J connectivity index is 1.66. The number of amides is 1.